The van der Waals surface area contributed by atoms with Crippen LogP contribution in [0.25, 0.3) is 0 Å². The number of halogens is 1. The molecule has 6 heteroatoms. The van der Waals surface area contributed by atoms with Crippen molar-refractivity contribution in [2.24, 2.45) is 5.92 Å². The Hall–Kier alpha value is -1.95. The second kappa shape index (κ2) is 8.62. The number of rotatable bonds is 5. The van der Waals surface area contributed by atoms with Crippen molar-refractivity contribution in [3.05, 3.63) is 35.6 Å². The molecule has 1 aromatic carbocycles. The molecular weight excluding hydrogens is 333 g/mol. The molecule has 0 saturated carbocycles. The van der Waals surface area contributed by atoms with Crippen molar-refractivity contribution in [2.45, 2.75) is 44.6 Å². The van der Waals surface area contributed by atoms with E-state index in [0.29, 0.717) is 25.2 Å². The fourth-order valence-electron chi connectivity index (χ4n) is 3.94. The normalized spacial score (nSPS) is 24.3. The summed E-state index contributed by atoms with van der Waals surface area (Å²) in [5, 5.41) is 6.22. The van der Waals surface area contributed by atoms with Gasteiger partial charge < -0.3 is 15.5 Å². The smallest absolute Gasteiger partial charge is 0.237 e. The van der Waals surface area contributed by atoms with Gasteiger partial charge in [-0.3, -0.25) is 9.59 Å². The van der Waals surface area contributed by atoms with Crippen LogP contribution in [0.2, 0.25) is 0 Å². The van der Waals surface area contributed by atoms with Gasteiger partial charge in [0.15, 0.2) is 0 Å². The van der Waals surface area contributed by atoms with Gasteiger partial charge in [-0.1, -0.05) is 18.2 Å². The predicted molar refractivity (Wildman–Crippen MR) is 98.2 cm³/mol. The molecule has 1 aromatic rings. The molecule has 2 N–H and O–H groups in total. The van der Waals surface area contributed by atoms with Crippen molar-refractivity contribution in [1.82, 2.24) is 15.5 Å². The van der Waals surface area contributed by atoms with Crippen LogP contribution in [0.15, 0.2) is 24.3 Å². The summed E-state index contributed by atoms with van der Waals surface area (Å²) in [7, 11) is 0. The molecule has 3 rings (SSSR count). The van der Waals surface area contributed by atoms with E-state index in [-0.39, 0.29) is 29.6 Å². The van der Waals surface area contributed by atoms with Gasteiger partial charge in [-0.05, 0) is 56.7 Å². The monoisotopic (exact) mass is 361 g/mol. The number of hydrogen-bond donors (Lipinski definition) is 2. The van der Waals surface area contributed by atoms with Crippen LogP contribution in [-0.4, -0.2) is 48.9 Å². The molecule has 0 radical (unpaired) electrons. The van der Waals surface area contributed by atoms with Gasteiger partial charge in [0.2, 0.25) is 11.8 Å². The molecular formula is C20H28FN3O2. The van der Waals surface area contributed by atoms with E-state index >= 15 is 0 Å². The van der Waals surface area contributed by atoms with Gasteiger partial charge in [-0.2, -0.15) is 0 Å². The van der Waals surface area contributed by atoms with Crippen LogP contribution in [0.1, 0.15) is 44.1 Å². The van der Waals surface area contributed by atoms with Crippen molar-refractivity contribution in [3.8, 4) is 0 Å². The summed E-state index contributed by atoms with van der Waals surface area (Å²) >= 11 is 0. The lowest BCUT2D eigenvalue weighted by atomic mass is 9.94. The minimum Gasteiger partial charge on any atom is -0.354 e. The van der Waals surface area contributed by atoms with Crippen LogP contribution in [0.5, 0.6) is 0 Å². The summed E-state index contributed by atoms with van der Waals surface area (Å²) < 4.78 is 14.0. The topological polar surface area (TPSA) is 61.4 Å². The molecule has 3 atom stereocenters. The average molecular weight is 361 g/mol. The Morgan fingerprint density at radius 3 is 2.85 bits per heavy atom. The van der Waals surface area contributed by atoms with Crippen molar-refractivity contribution in [1.29, 1.82) is 0 Å². The van der Waals surface area contributed by atoms with Gasteiger partial charge >= 0.3 is 0 Å². The van der Waals surface area contributed by atoms with E-state index in [0.717, 1.165) is 32.2 Å². The first-order chi connectivity index (χ1) is 12.6. The Balaban J connectivity index is 1.53. The van der Waals surface area contributed by atoms with Crippen LogP contribution >= 0.6 is 0 Å². The molecule has 142 valence electrons. The number of nitrogens with one attached hydrogen (secondary N) is 2. The average Bonchev–Trinajstić information content (AvgIpc) is 3.20. The molecule has 2 aliphatic rings. The van der Waals surface area contributed by atoms with E-state index in [1.165, 1.54) is 6.07 Å². The predicted octanol–water partition coefficient (Wildman–Crippen LogP) is 2.04. The van der Waals surface area contributed by atoms with E-state index in [9.17, 15) is 14.0 Å². The molecule has 2 saturated heterocycles. The summed E-state index contributed by atoms with van der Waals surface area (Å²) in [5.74, 6) is -0.550. The van der Waals surface area contributed by atoms with E-state index in [1.54, 1.807) is 25.1 Å². The summed E-state index contributed by atoms with van der Waals surface area (Å²) in [6.07, 6.45) is 3.84. The van der Waals surface area contributed by atoms with Gasteiger partial charge in [-0.25, -0.2) is 4.39 Å². The van der Waals surface area contributed by atoms with E-state index in [2.05, 4.69) is 10.6 Å². The second-order valence-electron chi connectivity index (χ2n) is 7.43. The number of likely N-dealkylation sites (tertiary alicyclic amines) is 1. The number of piperidine rings is 1. The standard InChI is InChI=1S/C20H28FN3O2/c1-14(16-7-2-3-8-17(16)21)20(26)24-11-5-6-15(13-24)12-23-19(25)18-9-4-10-22-18/h2-3,7-8,14-15,18,22H,4-6,9-13H2,1H3,(H,23,25). The van der Waals surface area contributed by atoms with Gasteiger partial charge in [0, 0.05) is 19.6 Å². The number of hydrogen-bond acceptors (Lipinski definition) is 3. The van der Waals surface area contributed by atoms with Gasteiger partial charge in [0.25, 0.3) is 0 Å². The molecule has 0 bridgehead atoms. The highest BCUT2D eigenvalue weighted by atomic mass is 19.1. The zero-order valence-corrected chi connectivity index (χ0v) is 15.3. The Morgan fingerprint density at radius 2 is 2.12 bits per heavy atom. The highest BCUT2D eigenvalue weighted by Crippen LogP contribution is 2.24. The minimum absolute atomic E-state index is 0.0383. The summed E-state index contributed by atoms with van der Waals surface area (Å²) in [5.41, 5.74) is 0.445. The second-order valence-corrected chi connectivity index (χ2v) is 7.43. The maximum absolute atomic E-state index is 14.0. The lowest BCUT2D eigenvalue weighted by Crippen LogP contribution is -2.47. The van der Waals surface area contributed by atoms with Gasteiger partial charge in [0.05, 0.1) is 12.0 Å². The third-order valence-corrected chi connectivity index (χ3v) is 5.51. The van der Waals surface area contributed by atoms with Crippen LogP contribution in [-0.2, 0) is 9.59 Å². The number of amides is 2. The molecule has 0 aliphatic carbocycles. The lowest BCUT2D eigenvalue weighted by Gasteiger charge is -2.34. The fourth-order valence-corrected chi connectivity index (χ4v) is 3.94. The number of carbonyl (C=O) groups excluding carboxylic acids is 2. The molecule has 2 heterocycles. The first-order valence-corrected chi connectivity index (χ1v) is 9.60. The molecule has 2 fully saturated rings. The van der Waals surface area contributed by atoms with Gasteiger partial charge in [-0.15, -0.1) is 0 Å². The Bertz CT molecular complexity index is 646. The number of carbonyl (C=O) groups is 2. The fraction of sp³-hybridized carbons (Fsp3) is 0.600. The first kappa shape index (κ1) is 18.8. The molecule has 2 aliphatic heterocycles. The van der Waals surface area contributed by atoms with E-state index in [1.807, 2.05) is 4.90 Å². The third kappa shape index (κ3) is 4.41. The SMILES string of the molecule is CC(C(=O)N1CCCC(CNC(=O)C2CCCN2)C1)c1ccccc1F. The highest BCUT2D eigenvalue weighted by molar-refractivity contribution is 5.83. The molecule has 5 nitrogen and oxygen atoms in total. The van der Waals surface area contributed by atoms with Crippen molar-refractivity contribution in [3.63, 3.8) is 0 Å². The largest absolute Gasteiger partial charge is 0.354 e. The third-order valence-electron chi connectivity index (χ3n) is 5.51. The number of nitrogens with zero attached hydrogens (tertiary/aromatic N) is 1. The van der Waals surface area contributed by atoms with E-state index < -0.39 is 5.92 Å². The van der Waals surface area contributed by atoms with Crippen LogP contribution in [0.4, 0.5) is 4.39 Å². The zero-order chi connectivity index (χ0) is 18.5. The lowest BCUT2D eigenvalue weighted by molar-refractivity contribution is -0.134. The van der Waals surface area contributed by atoms with Crippen LogP contribution in [0, 0.1) is 11.7 Å². The van der Waals surface area contributed by atoms with Gasteiger partial charge in [0.1, 0.15) is 5.82 Å². The molecule has 0 aromatic heterocycles. The molecule has 0 spiro atoms. The highest BCUT2D eigenvalue weighted by Gasteiger charge is 2.29. The Kier molecular flexibility index (Phi) is 6.25. The summed E-state index contributed by atoms with van der Waals surface area (Å²) in [6.45, 7) is 4.58. The maximum atomic E-state index is 14.0. The van der Waals surface area contributed by atoms with Crippen LogP contribution < -0.4 is 10.6 Å². The van der Waals surface area contributed by atoms with Crippen molar-refractivity contribution >= 4 is 11.8 Å². The Labute approximate surface area is 154 Å². The van der Waals surface area contributed by atoms with Crippen molar-refractivity contribution < 1.29 is 14.0 Å². The van der Waals surface area contributed by atoms with Crippen LogP contribution in [0.3, 0.4) is 0 Å². The minimum atomic E-state index is -0.493. The summed E-state index contributed by atoms with van der Waals surface area (Å²) in [6, 6.07) is 6.39. The van der Waals surface area contributed by atoms with E-state index in [4.69, 9.17) is 0 Å². The quantitative estimate of drug-likeness (QED) is 0.844. The summed E-state index contributed by atoms with van der Waals surface area (Å²) in [4.78, 5) is 26.8. The molecule has 3 unspecified atom stereocenters. The first-order valence-electron chi connectivity index (χ1n) is 9.60. The molecule has 26 heavy (non-hydrogen) atoms. The molecule has 2 amide bonds. The maximum Gasteiger partial charge on any atom is 0.237 e. The Morgan fingerprint density at radius 1 is 1.31 bits per heavy atom. The number of benzene rings is 1. The van der Waals surface area contributed by atoms with Crippen molar-refractivity contribution in [2.75, 3.05) is 26.2 Å². The zero-order valence-electron chi connectivity index (χ0n) is 15.3.